The first kappa shape index (κ1) is 20.1. The number of rotatable bonds is 4. The number of carbonyl (C=O) groups is 1. The van der Waals surface area contributed by atoms with E-state index in [-0.39, 0.29) is 15.5 Å². The molecule has 28 heavy (non-hydrogen) atoms. The molecule has 1 N–H and O–H groups in total. The summed E-state index contributed by atoms with van der Waals surface area (Å²) in [5.74, 6) is -0.0469. The van der Waals surface area contributed by atoms with Crippen LogP contribution in [0.5, 0.6) is 0 Å². The molecule has 3 rings (SSSR count). The summed E-state index contributed by atoms with van der Waals surface area (Å²) < 4.78 is 25.2. The second-order valence-electron chi connectivity index (χ2n) is 6.80. The molecule has 1 aromatic heterocycles. The Hall–Kier alpha value is -2.64. The van der Waals surface area contributed by atoms with Crippen LogP contribution >= 0.6 is 11.6 Å². The third-order valence-electron chi connectivity index (χ3n) is 4.13. The number of aromatic nitrogens is 2. The summed E-state index contributed by atoms with van der Waals surface area (Å²) in [6.45, 7) is 5.80. The molecule has 0 atom stereocenters. The molecule has 0 saturated carbocycles. The topological polar surface area (TPSA) is 81.1 Å². The van der Waals surface area contributed by atoms with Gasteiger partial charge < -0.3 is 5.32 Å². The van der Waals surface area contributed by atoms with Gasteiger partial charge in [0.15, 0.2) is 9.84 Å². The van der Waals surface area contributed by atoms with Gasteiger partial charge in [-0.1, -0.05) is 17.7 Å². The minimum atomic E-state index is -3.46. The molecule has 6 nitrogen and oxygen atoms in total. The van der Waals surface area contributed by atoms with Crippen molar-refractivity contribution in [1.82, 2.24) is 9.78 Å². The SMILES string of the molecule is Cc1cc(C)cc(-n2nc(C)cc2NC(=O)c2cc(S(C)(=O)=O)ccc2Cl)c1. The average molecular weight is 418 g/mol. The molecule has 0 radical (unpaired) electrons. The molecule has 0 fully saturated rings. The van der Waals surface area contributed by atoms with E-state index in [1.54, 1.807) is 10.7 Å². The van der Waals surface area contributed by atoms with E-state index in [0.29, 0.717) is 5.82 Å². The highest BCUT2D eigenvalue weighted by Gasteiger charge is 2.18. The molecule has 0 unspecified atom stereocenters. The number of sulfone groups is 1. The predicted molar refractivity (Wildman–Crippen MR) is 110 cm³/mol. The molecule has 0 saturated heterocycles. The van der Waals surface area contributed by atoms with Crippen molar-refractivity contribution in [3.63, 3.8) is 0 Å². The lowest BCUT2D eigenvalue weighted by atomic mass is 10.1. The number of benzene rings is 2. The maximum Gasteiger partial charge on any atom is 0.258 e. The third kappa shape index (κ3) is 4.26. The number of nitrogens with zero attached hydrogens (tertiary/aromatic N) is 2. The molecule has 3 aromatic rings. The Morgan fingerprint density at radius 3 is 2.29 bits per heavy atom. The Bertz CT molecular complexity index is 1160. The summed E-state index contributed by atoms with van der Waals surface area (Å²) in [7, 11) is -3.46. The number of anilines is 1. The van der Waals surface area contributed by atoms with Gasteiger partial charge in [0.05, 0.1) is 26.9 Å². The summed E-state index contributed by atoms with van der Waals surface area (Å²) in [5.41, 5.74) is 3.77. The fraction of sp³-hybridized carbons (Fsp3) is 0.200. The molecule has 146 valence electrons. The molecule has 8 heteroatoms. The zero-order chi connectivity index (χ0) is 20.6. The average Bonchev–Trinajstić information content (AvgIpc) is 2.93. The maximum absolute atomic E-state index is 12.8. The van der Waals surface area contributed by atoms with Crippen molar-refractivity contribution in [3.05, 3.63) is 69.9 Å². The monoisotopic (exact) mass is 417 g/mol. The number of aryl methyl sites for hydroxylation is 3. The van der Waals surface area contributed by atoms with Crippen LogP contribution in [0.3, 0.4) is 0 Å². The lowest BCUT2D eigenvalue weighted by molar-refractivity contribution is 0.102. The van der Waals surface area contributed by atoms with Crippen LogP contribution in [0.4, 0.5) is 5.82 Å². The van der Waals surface area contributed by atoms with Crippen molar-refractivity contribution >= 4 is 33.2 Å². The summed E-state index contributed by atoms with van der Waals surface area (Å²) in [5, 5.41) is 7.41. The van der Waals surface area contributed by atoms with Gasteiger partial charge in [0, 0.05) is 12.3 Å². The van der Waals surface area contributed by atoms with Gasteiger partial charge in [-0.05, 0) is 62.2 Å². The minimum Gasteiger partial charge on any atom is -0.306 e. The highest BCUT2D eigenvalue weighted by Crippen LogP contribution is 2.24. The molecule has 0 aliphatic carbocycles. The lowest BCUT2D eigenvalue weighted by Gasteiger charge is -2.12. The summed E-state index contributed by atoms with van der Waals surface area (Å²) in [4.78, 5) is 12.8. The zero-order valence-electron chi connectivity index (χ0n) is 15.9. The van der Waals surface area contributed by atoms with Crippen LogP contribution in [0, 0.1) is 20.8 Å². The van der Waals surface area contributed by atoms with Crippen molar-refractivity contribution in [1.29, 1.82) is 0 Å². The zero-order valence-corrected chi connectivity index (χ0v) is 17.5. The van der Waals surface area contributed by atoms with Crippen LogP contribution in [-0.4, -0.2) is 30.4 Å². The van der Waals surface area contributed by atoms with Gasteiger partial charge in [-0.2, -0.15) is 5.10 Å². The number of carbonyl (C=O) groups excluding carboxylic acids is 1. The first-order chi connectivity index (χ1) is 13.0. The van der Waals surface area contributed by atoms with Crippen LogP contribution in [0.1, 0.15) is 27.2 Å². The van der Waals surface area contributed by atoms with Crippen molar-refractivity contribution < 1.29 is 13.2 Å². The molecule has 0 aliphatic heterocycles. The maximum atomic E-state index is 12.8. The lowest BCUT2D eigenvalue weighted by Crippen LogP contribution is -2.16. The number of amides is 1. The molecule has 0 bridgehead atoms. The predicted octanol–water partition coefficient (Wildman–Crippen LogP) is 4.11. The molecule has 0 spiro atoms. The molecule has 1 amide bonds. The van der Waals surface area contributed by atoms with Crippen LogP contribution in [0.25, 0.3) is 5.69 Å². The first-order valence-electron chi connectivity index (χ1n) is 8.51. The smallest absolute Gasteiger partial charge is 0.258 e. The standard InChI is InChI=1S/C20H20ClN3O3S/c1-12-7-13(2)9-15(8-12)24-19(10-14(3)23-24)22-20(25)17-11-16(28(4,26)27)5-6-18(17)21/h5-11H,1-4H3,(H,22,25). The van der Waals surface area contributed by atoms with Gasteiger partial charge in [-0.25, -0.2) is 13.1 Å². The fourth-order valence-corrected chi connectivity index (χ4v) is 3.80. The summed E-state index contributed by atoms with van der Waals surface area (Å²) in [6.07, 6.45) is 1.08. The third-order valence-corrected chi connectivity index (χ3v) is 5.57. The Labute approximate surface area is 169 Å². The summed E-state index contributed by atoms with van der Waals surface area (Å²) in [6, 6.07) is 11.8. The van der Waals surface area contributed by atoms with E-state index >= 15 is 0 Å². The van der Waals surface area contributed by atoms with Gasteiger partial charge in [0.2, 0.25) is 0 Å². The number of halogens is 1. The van der Waals surface area contributed by atoms with Gasteiger partial charge in [-0.3, -0.25) is 4.79 Å². The van der Waals surface area contributed by atoms with Gasteiger partial charge >= 0.3 is 0 Å². The largest absolute Gasteiger partial charge is 0.306 e. The Balaban J connectivity index is 2.00. The van der Waals surface area contributed by atoms with E-state index in [2.05, 4.69) is 16.5 Å². The van der Waals surface area contributed by atoms with E-state index in [1.165, 1.54) is 18.2 Å². The van der Waals surface area contributed by atoms with Crippen LogP contribution in [0.2, 0.25) is 5.02 Å². The fourth-order valence-electron chi connectivity index (χ4n) is 2.95. The van der Waals surface area contributed by atoms with Crippen molar-refractivity contribution in [2.75, 3.05) is 11.6 Å². The van der Waals surface area contributed by atoms with E-state index in [4.69, 9.17) is 11.6 Å². The van der Waals surface area contributed by atoms with E-state index < -0.39 is 15.7 Å². The van der Waals surface area contributed by atoms with E-state index in [1.807, 2.05) is 32.9 Å². The molecule has 0 aliphatic rings. The molecular weight excluding hydrogens is 398 g/mol. The first-order valence-corrected chi connectivity index (χ1v) is 10.8. The quantitative estimate of drug-likeness (QED) is 0.692. The minimum absolute atomic E-state index is 0.0287. The number of hydrogen-bond donors (Lipinski definition) is 1. The number of nitrogens with one attached hydrogen (secondary N) is 1. The van der Waals surface area contributed by atoms with Gasteiger partial charge in [-0.15, -0.1) is 0 Å². The second-order valence-corrected chi connectivity index (χ2v) is 9.22. The van der Waals surface area contributed by atoms with Gasteiger partial charge in [0.1, 0.15) is 5.82 Å². The number of hydrogen-bond acceptors (Lipinski definition) is 4. The normalized spacial score (nSPS) is 11.5. The Kier molecular flexibility index (Phi) is 5.32. The van der Waals surface area contributed by atoms with Crippen molar-refractivity contribution in [2.45, 2.75) is 25.7 Å². The van der Waals surface area contributed by atoms with E-state index in [9.17, 15) is 13.2 Å². The van der Waals surface area contributed by atoms with Crippen molar-refractivity contribution in [2.24, 2.45) is 0 Å². The Morgan fingerprint density at radius 2 is 1.68 bits per heavy atom. The molecule has 1 heterocycles. The Morgan fingerprint density at radius 1 is 1.04 bits per heavy atom. The van der Waals surface area contributed by atoms with Gasteiger partial charge in [0.25, 0.3) is 5.91 Å². The molecule has 2 aromatic carbocycles. The summed E-state index contributed by atoms with van der Waals surface area (Å²) >= 11 is 6.13. The van der Waals surface area contributed by atoms with Crippen LogP contribution in [0.15, 0.2) is 47.4 Å². The highest BCUT2D eigenvalue weighted by molar-refractivity contribution is 7.90. The van der Waals surface area contributed by atoms with Crippen molar-refractivity contribution in [3.8, 4) is 5.69 Å². The van der Waals surface area contributed by atoms with Crippen LogP contribution in [-0.2, 0) is 9.84 Å². The van der Waals surface area contributed by atoms with Crippen LogP contribution < -0.4 is 5.32 Å². The van der Waals surface area contributed by atoms with E-state index in [0.717, 1.165) is 28.8 Å². The second kappa shape index (κ2) is 7.41. The molecular formula is C20H20ClN3O3S. The highest BCUT2D eigenvalue weighted by atomic mass is 35.5.